The average molecular weight is 116 g/mol. The van der Waals surface area contributed by atoms with Gasteiger partial charge in [0.1, 0.15) is 0 Å². The lowest BCUT2D eigenvalue weighted by Gasteiger charge is -1.99. The minimum Gasteiger partial charge on any atom is -0.318 e. The Bertz CT molecular complexity index is 32.7. The molecule has 0 rings (SSSR count). The number of rotatable bonds is 5. The first-order chi connectivity index (χ1) is 3.91. The molecule has 0 bridgehead atoms. The van der Waals surface area contributed by atoms with E-state index in [1.165, 1.54) is 0 Å². The van der Waals surface area contributed by atoms with Crippen molar-refractivity contribution >= 4 is 0 Å². The minimum absolute atomic E-state index is 0.554. The van der Waals surface area contributed by atoms with Crippen LogP contribution in [0.15, 0.2) is 0 Å². The Morgan fingerprint density at radius 1 is 1.25 bits per heavy atom. The predicted molar refractivity (Wildman–Crippen MR) is 35.3 cm³/mol. The molecular formula is C5H14N3. The van der Waals surface area contributed by atoms with Crippen molar-refractivity contribution in [3.63, 3.8) is 0 Å². The van der Waals surface area contributed by atoms with Gasteiger partial charge in [-0.25, -0.2) is 0 Å². The monoisotopic (exact) mass is 116 g/mol. The zero-order valence-electron chi connectivity index (χ0n) is 5.11. The van der Waals surface area contributed by atoms with Crippen LogP contribution in [-0.4, -0.2) is 26.3 Å². The molecule has 0 aliphatic rings. The average Bonchev–Trinajstić information content (AvgIpc) is 1.81. The van der Waals surface area contributed by atoms with E-state index in [0.29, 0.717) is 6.67 Å². The third-order valence-corrected chi connectivity index (χ3v) is 0.800. The van der Waals surface area contributed by atoms with E-state index in [1.807, 2.05) is 0 Å². The summed E-state index contributed by atoms with van der Waals surface area (Å²) in [5.41, 5.74) is 5.16. The van der Waals surface area contributed by atoms with Crippen LogP contribution >= 0.6 is 0 Å². The maximum Gasteiger partial charge on any atom is 0.0429 e. The molecule has 0 atom stereocenters. The van der Waals surface area contributed by atoms with Crippen molar-refractivity contribution in [1.82, 2.24) is 10.6 Å². The molecule has 0 aliphatic heterocycles. The number of hydrogen-bond acceptors (Lipinski definition) is 3. The molecule has 0 heterocycles. The van der Waals surface area contributed by atoms with Gasteiger partial charge in [0.2, 0.25) is 0 Å². The third kappa shape index (κ3) is 5.88. The molecule has 0 aromatic heterocycles. The second-order valence-corrected chi connectivity index (χ2v) is 1.45. The van der Waals surface area contributed by atoms with Crippen LogP contribution in [0.5, 0.6) is 0 Å². The van der Waals surface area contributed by atoms with E-state index in [9.17, 15) is 0 Å². The van der Waals surface area contributed by atoms with E-state index < -0.39 is 0 Å². The van der Waals surface area contributed by atoms with E-state index in [4.69, 9.17) is 5.73 Å². The summed E-state index contributed by atoms with van der Waals surface area (Å²) in [6, 6.07) is 0. The van der Waals surface area contributed by atoms with Crippen LogP contribution in [0.25, 0.3) is 0 Å². The van der Waals surface area contributed by atoms with Gasteiger partial charge in [-0.2, -0.15) is 0 Å². The molecule has 0 unspecified atom stereocenters. The first-order valence-corrected chi connectivity index (χ1v) is 2.82. The third-order valence-electron chi connectivity index (χ3n) is 0.800. The fourth-order valence-corrected chi connectivity index (χ4v) is 0.404. The van der Waals surface area contributed by atoms with Crippen LogP contribution < -0.4 is 16.4 Å². The molecule has 0 fully saturated rings. The molecule has 0 amide bonds. The number of nitrogens with two attached hydrogens (primary N) is 1. The largest absolute Gasteiger partial charge is 0.318 e. The lowest BCUT2D eigenvalue weighted by Crippen LogP contribution is -2.30. The normalized spacial score (nSPS) is 9.75. The van der Waals surface area contributed by atoms with Gasteiger partial charge in [-0.3, -0.25) is 0 Å². The van der Waals surface area contributed by atoms with Crippen LogP contribution in [0.2, 0.25) is 0 Å². The zero-order valence-corrected chi connectivity index (χ0v) is 5.11. The molecule has 0 saturated carbocycles. The van der Waals surface area contributed by atoms with Gasteiger partial charge in [-0.15, -0.1) is 0 Å². The summed E-state index contributed by atoms with van der Waals surface area (Å²) in [6.45, 7) is 6.82. The molecule has 0 aromatic rings. The predicted octanol–water partition coefficient (Wildman–Crippen LogP) is -1.08. The summed E-state index contributed by atoms with van der Waals surface area (Å²) in [5.74, 6) is 0. The molecule has 0 aromatic carbocycles. The van der Waals surface area contributed by atoms with Gasteiger partial charge in [0, 0.05) is 19.8 Å². The molecule has 8 heavy (non-hydrogen) atoms. The Morgan fingerprint density at radius 3 is 2.38 bits per heavy atom. The second-order valence-electron chi connectivity index (χ2n) is 1.45. The van der Waals surface area contributed by atoms with Crippen molar-refractivity contribution in [3.8, 4) is 0 Å². The molecular weight excluding hydrogens is 102 g/mol. The number of hydrogen-bond donors (Lipinski definition) is 3. The van der Waals surface area contributed by atoms with Gasteiger partial charge < -0.3 is 16.4 Å². The quantitative estimate of drug-likeness (QED) is 0.316. The molecule has 3 nitrogen and oxygen atoms in total. The zero-order chi connectivity index (χ0) is 6.24. The second kappa shape index (κ2) is 6.88. The van der Waals surface area contributed by atoms with Crippen LogP contribution in [0.4, 0.5) is 0 Å². The summed E-state index contributed by atoms with van der Waals surface area (Å²) in [6.07, 6.45) is 0. The summed E-state index contributed by atoms with van der Waals surface area (Å²) in [4.78, 5) is 0. The van der Waals surface area contributed by atoms with Gasteiger partial charge in [0.25, 0.3) is 0 Å². The first-order valence-electron chi connectivity index (χ1n) is 2.82. The first kappa shape index (κ1) is 7.88. The minimum atomic E-state index is 0.554. The Labute approximate surface area is 50.6 Å². The lowest BCUT2D eigenvalue weighted by molar-refractivity contribution is 0.644. The molecule has 1 radical (unpaired) electrons. The van der Waals surface area contributed by atoms with Gasteiger partial charge in [-0.1, -0.05) is 0 Å². The summed E-state index contributed by atoms with van der Waals surface area (Å²) in [5, 5.41) is 6.02. The van der Waals surface area contributed by atoms with E-state index in [1.54, 1.807) is 0 Å². The molecule has 0 saturated heterocycles. The molecule has 49 valence electrons. The van der Waals surface area contributed by atoms with Crippen molar-refractivity contribution in [2.24, 2.45) is 5.73 Å². The fraction of sp³-hybridized carbons (Fsp3) is 0.800. The highest BCUT2D eigenvalue weighted by atomic mass is 15.0. The van der Waals surface area contributed by atoms with E-state index in [0.717, 1.165) is 19.6 Å². The summed E-state index contributed by atoms with van der Waals surface area (Å²) in [7, 11) is 0. The molecule has 4 N–H and O–H groups in total. The van der Waals surface area contributed by atoms with Crippen molar-refractivity contribution in [3.05, 3.63) is 6.92 Å². The SMILES string of the molecule is [CH2]CNCCNCN. The molecule has 3 heteroatoms. The van der Waals surface area contributed by atoms with E-state index in [2.05, 4.69) is 17.6 Å². The van der Waals surface area contributed by atoms with E-state index >= 15 is 0 Å². The van der Waals surface area contributed by atoms with Crippen molar-refractivity contribution in [2.75, 3.05) is 26.3 Å². The Morgan fingerprint density at radius 2 is 1.88 bits per heavy atom. The lowest BCUT2D eigenvalue weighted by atomic mass is 10.6. The molecule has 0 spiro atoms. The highest BCUT2D eigenvalue weighted by Gasteiger charge is 1.79. The Balaban J connectivity index is 2.53. The van der Waals surface area contributed by atoms with E-state index in [-0.39, 0.29) is 0 Å². The van der Waals surface area contributed by atoms with Gasteiger partial charge in [0.05, 0.1) is 0 Å². The van der Waals surface area contributed by atoms with Crippen molar-refractivity contribution in [1.29, 1.82) is 0 Å². The number of nitrogens with one attached hydrogen (secondary N) is 2. The molecule has 0 aliphatic carbocycles. The fourth-order valence-electron chi connectivity index (χ4n) is 0.404. The maximum absolute atomic E-state index is 5.16. The van der Waals surface area contributed by atoms with Crippen molar-refractivity contribution in [2.45, 2.75) is 0 Å². The smallest absolute Gasteiger partial charge is 0.0429 e. The highest BCUT2D eigenvalue weighted by Crippen LogP contribution is 1.53. The van der Waals surface area contributed by atoms with Gasteiger partial charge >= 0.3 is 0 Å². The topological polar surface area (TPSA) is 50.1 Å². The summed E-state index contributed by atoms with van der Waals surface area (Å²) >= 11 is 0. The van der Waals surface area contributed by atoms with Crippen LogP contribution in [0, 0.1) is 6.92 Å². The standard InChI is InChI=1S/C5H14N3/c1-2-7-3-4-8-5-6/h7-8H,1-6H2. The van der Waals surface area contributed by atoms with Crippen LogP contribution in [0.3, 0.4) is 0 Å². The van der Waals surface area contributed by atoms with Gasteiger partial charge in [0.15, 0.2) is 0 Å². The van der Waals surface area contributed by atoms with Crippen LogP contribution in [0.1, 0.15) is 0 Å². The highest BCUT2D eigenvalue weighted by molar-refractivity contribution is 4.49. The Kier molecular flexibility index (Phi) is 6.78. The Hall–Kier alpha value is -0.120. The maximum atomic E-state index is 5.16. The summed E-state index contributed by atoms with van der Waals surface area (Å²) < 4.78 is 0. The van der Waals surface area contributed by atoms with Gasteiger partial charge in [-0.05, 0) is 13.5 Å². The van der Waals surface area contributed by atoms with Crippen molar-refractivity contribution < 1.29 is 0 Å². The van der Waals surface area contributed by atoms with Crippen LogP contribution in [-0.2, 0) is 0 Å².